The Labute approximate surface area is 289 Å². The molecule has 4 saturated heterocycles. The summed E-state index contributed by atoms with van der Waals surface area (Å²) in [4.78, 5) is 24.1. The van der Waals surface area contributed by atoms with Crippen LogP contribution in [0.5, 0.6) is 0 Å². The highest BCUT2D eigenvalue weighted by Gasteiger charge is 2.54. The Morgan fingerprint density at radius 1 is 0.647 bits per heavy atom. The van der Waals surface area contributed by atoms with Crippen LogP contribution in [0.1, 0.15) is 13.3 Å². The number of aliphatic hydroxyl groups is 11. The first kappa shape index (κ1) is 41.9. The molecule has 4 rings (SSSR count). The lowest BCUT2D eigenvalue weighted by Crippen LogP contribution is -2.66. The molecular weight excluding hydrogens is 700 g/mol. The highest BCUT2D eigenvalue weighted by molar-refractivity contribution is 5.81. The molecule has 0 aromatic rings. The summed E-state index contributed by atoms with van der Waals surface area (Å²) >= 11 is 0. The molecule has 1 amide bonds. The first-order valence-electron chi connectivity index (χ1n) is 16.2. The lowest BCUT2D eigenvalue weighted by atomic mass is 9.94. The van der Waals surface area contributed by atoms with Crippen LogP contribution in [0, 0.1) is 0 Å². The molecule has 296 valence electrons. The van der Waals surface area contributed by atoms with E-state index in [1.165, 1.54) is 6.92 Å². The van der Waals surface area contributed by atoms with Gasteiger partial charge in [-0.15, -0.1) is 0 Å². The van der Waals surface area contributed by atoms with Gasteiger partial charge in [-0.3, -0.25) is 4.79 Å². The summed E-state index contributed by atoms with van der Waals surface area (Å²) in [5.74, 6) is -2.58. The molecule has 0 aliphatic carbocycles. The monoisotopic (exact) mass is 748 g/mol. The van der Waals surface area contributed by atoms with Crippen molar-refractivity contribution in [3.63, 3.8) is 0 Å². The van der Waals surface area contributed by atoms with Crippen LogP contribution >= 0.6 is 0 Å². The molecule has 15 N–H and O–H groups in total. The van der Waals surface area contributed by atoms with Gasteiger partial charge in [0.15, 0.2) is 31.1 Å². The smallest absolute Gasteiger partial charge is 0.335 e. The second-order valence-corrected chi connectivity index (χ2v) is 12.7. The van der Waals surface area contributed by atoms with Gasteiger partial charge in [-0.1, -0.05) is 0 Å². The van der Waals surface area contributed by atoms with Gasteiger partial charge in [0.25, 0.3) is 5.91 Å². The number of carbonyl (C=O) groups excluding carboxylic acids is 1. The highest BCUT2D eigenvalue weighted by atomic mass is 16.7. The Kier molecular flexibility index (Phi) is 14.8. The van der Waals surface area contributed by atoms with E-state index in [1.807, 2.05) is 0 Å². The molecule has 4 fully saturated rings. The molecule has 4 aliphatic heterocycles. The second-order valence-electron chi connectivity index (χ2n) is 12.7. The Hall–Kier alpha value is -1.82. The van der Waals surface area contributed by atoms with E-state index in [0.29, 0.717) is 6.42 Å². The third-order valence-corrected chi connectivity index (χ3v) is 9.07. The lowest BCUT2D eigenvalue weighted by Gasteiger charge is -2.47. The maximum absolute atomic E-state index is 12.6. The van der Waals surface area contributed by atoms with E-state index in [2.05, 4.69) is 5.32 Å². The minimum atomic E-state index is -2.04. The van der Waals surface area contributed by atoms with Gasteiger partial charge < -0.3 is 105 Å². The summed E-state index contributed by atoms with van der Waals surface area (Å²) < 4.78 is 38.2. The van der Waals surface area contributed by atoms with Crippen LogP contribution in [0.4, 0.5) is 0 Å². The van der Waals surface area contributed by atoms with Crippen molar-refractivity contribution in [3.05, 3.63) is 0 Å². The SMILES string of the molecule is CC1OC(COC2OC(CO)C(O)C(OC3OC(C(=O)NCCCN)C(O)C(O)C3O)C2O)C(O)C(OC2OC(C(=O)O)C(O)C(O)C2O)C1O. The van der Waals surface area contributed by atoms with Crippen molar-refractivity contribution in [1.29, 1.82) is 0 Å². The van der Waals surface area contributed by atoms with E-state index >= 15 is 0 Å². The van der Waals surface area contributed by atoms with Crippen molar-refractivity contribution in [1.82, 2.24) is 5.32 Å². The number of nitrogens with one attached hydrogen (secondary N) is 1. The fraction of sp³-hybridized carbons (Fsp3) is 0.929. The minimum Gasteiger partial charge on any atom is -0.479 e. The third kappa shape index (κ3) is 9.11. The number of aliphatic carboxylic acids is 1. The normalized spacial score (nSPS) is 47.9. The summed E-state index contributed by atoms with van der Waals surface area (Å²) in [6.07, 6.45) is -35.8. The molecular formula is C28H48N2O21. The number of ether oxygens (including phenoxy) is 7. The van der Waals surface area contributed by atoms with Gasteiger partial charge in [0.1, 0.15) is 85.5 Å². The van der Waals surface area contributed by atoms with Gasteiger partial charge in [0, 0.05) is 6.54 Å². The van der Waals surface area contributed by atoms with E-state index in [-0.39, 0.29) is 13.1 Å². The number of hydrogen-bond donors (Lipinski definition) is 14. The van der Waals surface area contributed by atoms with Crippen LogP contribution in [0.15, 0.2) is 0 Å². The molecule has 20 unspecified atom stereocenters. The summed E-state index contributed by atoms with van der Waals surface area (Å²) in [6.45, 7) is 0.171. The van der Waals surface area contributed by atoms with Crippen molar-refractivity contribution in [2.45, 2.75) is 136 Å². The quantitative estimate of drug-likeness (QED) is 0.0777. The van der Waals surface area contributed by atoms with Crippen molar-refractivity contribution in [3.8, 4) is 0 Å². The van der Waals surface area contributed by atoms with Gasteiger partial charge >= 0.3 is 5.97 Å². The molecule has 0 spiro atoms. The Morgan fingerprint density at radius 3 is 1.73 bits per heavy atom. The van der Waals surface area contributed by atoms with Crippen molar-refractivity contribution in [2.75, 3.05) is 26.3 Å². The van der Waals surface area contributed by atoms with Crippen molar-refractivity contribution in [2.24, 2.45) is 5.73 Å². The predicted molar refractivity (Wildman–Crippen MR) is 157 cm³/mol. The molecule has 0 aromatic heterocycles. The summed E-state index contributed by atoms with van der Waals surface area (Å²) in [5, 5.41) is 127. The van der Waals surface area contributed by atoms with Gasteiger partial charge in [-0.2, -0.15) is 0 Å². The Bertz CT molecular complexity index is 1140. The highest BCUT2D eigenvalue weighted by Crippen LogP contribution is 2.32. The Balaban J connectivity index is 1.44. The zero-order valence-electron chi connectivity index (χ0n) is 27.2. The largest absolute Gasteiger partial charge is 0.479 e. The first-order valence-corrected chi connectivity index (χ1v) is 16.2. The average Bonchev–Trinajstić information content (AvgIpc) is 3.09. The fourth-order valence-electron chi connectivity index (χ4n) is 6.02. The number of amides is 1. The molecule has 0 bridgehead atoms. The standard InChI is InChI=1S/C28H48N2O21/c1-7-10(32)20(48-28-18(40)14(36)16(38)23(51-28)25(43)44)12(34)9(46-7)6-45-26-19(41)21(11(33)8(5-31)47-26)49-27-17(39)13(35)15(37)22(50-27)24(42)30-4-2-3-29/h7-23,26-28,31-41H,2-6,29H2,1H3,(H,30,42)(H,43,44). The lowest BCUT2D eigenvalue weighted by molar-refractivity contribution is -0.361. The van der Waals surface area contributed by atoms with Crippen LogP contribution in [0.2, 0.25) is 0 Å². The van der Waals surface area contributed by atoms with Gasteiger partial charge in [0.05, 0.1) is 19.3 Å². The van der Waals surface area contributed by atoms with E-state index in [0.717, 1.165) is 0 Å². The summed E-state index contributed by atoms with van der Waals surface area (Å²) in [7, 11) is 0. The van der Waals surface area contributed by atoms with E-state index in [1.54, 1.807) is 0 Å². The number of hydrogen-bond acceptors (Lipinski definition) is 21. The average molecular weight is 749 g/mol. The van der Waals surface area contributed by atoms with E-state index < -0.39 is 148 Å². The summed E-state index contributed by atoms with van der Waals surface area (Å²) in [6, 6.07) is 0. The molecule has 4 heterocycles. The topological polar surface area (TPSA) is 380 Å². The molecule has 23 nitrogen and oxygen atoms in total. The zero-order valence-corrected chi connectivity index (χ0v) is 27.2. The van der Waals surface area contributed by atoms with Gasteiger partial charge in [0.2, 0.25) is 0 Å². The van der Waals surface area contributed by atoms with Crippen LogP contribution in [0.3, 0.4) is 0 Å². The van der Waals surface area contributed by atoms with Crippen LogP contribution in [-0.4, -0.2) is 222 Å². The molecule has 23 heteroatoms. The third-order valence-electron chi connectivity index (χ3n) is 9.07. The van der Waals surface area contributed by atoms with Crippen LogP contribution < -0.4 is 11.1 Å². The Morgan fingerprint density at radius 2 is 1.18 bits per heavy atom. The minimum absolute atomic E-state index is 0.0967. The number of carboxylic acids is 1. The summed E-state index contributed by atoms with van der Waals surface area (Å²) in [5.41, 5.74) is 5.41. The number of carbonyl (C=O) groups is 2. The van der Waals surface area contributed by atoms with Crippen molar-refractivity contribution >= 4 is 11.9 Å². The second kappa shape index (κ2) is 18.0. The number of aliphatic hydroxyl groups excluding tert-OH is 11. The molecule has 20 atom stereocenters. The van der Waals surface area contributed by atoms with Crippen LogP contribution in [0.25, 0.3) is 0 Å². The molecule has 0 aromatic carbocycles. The maximum Gasteiger partial charge on any atom is 0.335 e. The first-order chi connectivity index (χ1) is 24.0. The number of rotatable bonds is 13. The number of carboxylic acid groups (broad SMARTS) is 1. The van der Waals surface area contributed by atoms with E-state index in [9.17, 15) is 70.9 Å². The molecule has 4 aliphatic rings. The van der Waals surface area contributed by atoms with Gasteiger partial charge in [-0.25, -0.2) is 4.79 Å². The maximum atomic E-state index is 12.6. The van der Waals surface area contributed by atoms with Gasteiger partial charge in [-0.05, 0) is 19.9 Å². The van der Waals surface area contributed by atoms with E-state index in [4.69, 9.17) is 38.9 Å². The zero-order chi connectivity index (χ0) is 37.9. The van der Waals surface area contributed by atoms with Crippen molar-refractivity contribution < 1.29 is 104 Å². The predicted octanol–water partition coefficient (Wildman–Crippen LogP) is -9.11. The number of nitrogens with two attached hydrogens (primary N) is 1. The molecule has 0 radical (unpaired) electrons. The molecule has 51 heavy (non-hydrogen) atoms. The molecule has 0 saturated carbocycles. The van der Waals surface area contributed by atoms with Crippen LogP contribution in [-0.2, 0) is 42.7 Å². The fourth-order valence-corrected chi connectivity index (χ4v) is 6.02.